The van der Waals surface area contributed by atoms with Gasteiger partial charge in [0.2, 0.25) is 4.96 Å². The highest BCUT2D eigenvalue weighted by atomic mass is 32.1. The lowest BCUT2D eigenvalue weighted by atomic mass is 10.2. The van der Waals surface area contributed by atoms with Crippen molar-refractivity contribution in [2.24, 2.45) is 0 Å². The zero-order chi connectivity index (χ0) is 16.4. The van der Waals surface area contributed by atoms with Gasteiger partial charge in [-0.2, -0.15) is 14.6 Å². The molecule has 2 heterocycles. The standard InChI is InChI=1S/C15H13N3O4S/c1-3-22-14(20)11-8-12(19)16-15-18(11)17-13(23-15)9-4-6-10(21-2)7-5-9/h4-8H,3H2,1-2H3. The van der Waals surface area contributed by atoms with Crippen molar-refractivity contribution < 1.29 is 14.3 Å². The van der Waals surface area contributed by atoms with E-state index in [4.69, 9.17) is 9.47 Å². The molecule has 8 heteroatoms. The van der Waals surface area contributed by atoms with Crippen LogP contribution in [-0.4, -0.2) is 34.3 Å². The first kappa shape index (κ1) is 15.2. The van der Waals surface area contributed by atoms with Gasteiger partial charge in [0.25, 0.3) is 5.56 Å². The van der Waals surface area contributed by atoms with Gasteiger partial charge in [-0.05, 0) is 31.2 Å². The van der Waals surface area contributed by atoms with Gasteiger partial charge in [-0.15, -0.1) is 0 Å². The molecule has 0 aliphatic rings. The summed E-state index contributed by atoms with van der Waals surface area (Å²) in [6.07, 6.45) is 0. The summed E-state index contributed by atoms with van der Waals surface area (Å²) in [6, 6.07) is 8.44. The van der Waals surface area contributed by atoms with Crippen molar-refractivity contribution in [1.82, 2.24) is 14.6 Å². The van der Waals surface area contributed by atoms with Crippen LogP contribution in [0.5, 0.6) is 5.75 Å². The van der Waals surface area contributed by atoms with Crippen molar-refractivity contribution >= 4 is 22.3 Å². The zero-order valence-corrected chi connectivity index (χ0v) is 13.3. The fourth-order valence-electron chi connectivity index (χ4n) is 2.02. The summed E-state index contributed by atoms with van der Waals surface area (Å²) in [4.78, 5) is 27.9. The van der Waals surface area contributed by atoms with Gasteiger partial charge in [0.05, 0.1) is 13.7 Å². The Kier molecular flexibility index (Phi) is 4.07. The largest absolute Gasteiger partial charge is 0.497 e. The lowest BCUT2D eigenvalue weighted by Gasteiger charge is -2.02. The number of esters is 1. The van der Waals surface area contributed by atoms with Crippen molar-refractivity contribution in [2.45, 2.75) is 6.92 Å². The molecule has 0 amide bonds. The van der Waals surface area contributed by atoms with Crippen LogP contribution in [0.1, 0.15) is 17.4 Å². The van der Waals surface area contributed by atoms with E-state index in [0.29, 0.717) is 9.97 Å². The maximum atomic E-state index is 12.0. The highest BCUT2D eigenvalue weighted by Gasteiger charge is 2.17. The summed E-state index contributed by atoms with van der Waals surface area (Å²) < 4.78 is 11.4. The highest BCUT2D eigenvalue weighted by Crippen LogP contribution is 2.26. The summed E-state index contributed by atoms with van der Waals surface area (Å²) in [6.45, 7) is 1.91. The van der Waals surface area contributed by atoms with Crippen LogP contribution in [0.3, 0.4) is 0 Å². The van der Waals surface area contributed by atoms with Crippen molar-refractivity contribution in [1.29, 1.82) is 0 Å². The molecule has 3 aromatic rings. The molecule has 0 spiro atoms. The van der Waals surface area contributed by atoms with Crippen LogP contribution in [0.2, 0.25) is 0 Å². The second kappa shape index (κ2) is 6.17. The van der Waals surface area contributed by atoms with Gasteiger partial charge in [0.15, 0.2) is 5.69 Å². The Labute approximate surface area is 135 Å². The summed E-state index contributed by atoms with van der Waals surface area (Å²) in [5.41, 5.74) is 0.402. The molecule has 0 saturated carbocycles. The summed E-state index contributed by atoms with van der Waals surface area (Å²) in [5, 5.41) is 5.01. The quantitative estimate of drug-likeness (QED) is 0.680. The minimum absolute atomic E-state index is 0.0675. The fourth-order valence-corrected chi connectivity index (χ4v) is 2.93. The molecule has 118 valence electrons. The molecule has 2 aromatic heterocycles. The molecule has 0 radical (unpaired) electrons. The van der Waals surface area contributed by atoms with Crippen LogP contribution in [0.15, 0.2) is 35.1 Å². The van der Waals surface area contributed by atoms with Crippen LogP contribution in [0, 0.1) is 0 Å². The molecule has 0 saturated heterocycles. The predicted molar refractivity (Wildman–Crippen MR) is 85.1 cm³/mol. The smallest absolute Gasteiger partial charge is 0.357 e. The summed E-state index contributed by atoms with van der Waals surface area (Å²) in [5.74, 6) is 0.128. The maximum absolute atomic E-state index is 12.0. The first-order valence-corrected chi connectivity index (χ1v) is 7.66. The van der Waals surface area contributed by atoms with Crippen LogP contribution in [0.25, 0.3) is 15.5 Å². The number of aromatic nitrogens is 3. The molecule has 23 heavy (non-hydrogen) atoms. The molecule has 0 atom stereocenters. The molecule has 7 nitrogen and oxygen atoms in total. The number of methoxy groups -OCH3 is 1. The average molecular weight is 331 g/mol. The van der Waals surface area contributed by atoms with Crippen LogP contribution in [-0.2, 0) is 4.74 Å². The molecule has 0 aliphatic carbocycles. The number of ether oxygens (including phenoxy) is 2. The summed E-state index contributed by atoms with van der Waals surface area (Å²) >= 11 is 1.22. The molecule has 0 fully saturated rings. The van der Waals surface area contributed by atoms with Crippen LogP contribution < -0.4 is 10.3 Å². The number of hydrogen-bond donors (Lipinski definition) is 0. The number of nitrogens with zero attached hydrogens (tertiary/aromatic N) is 3. The normalized spacial score (nSPS) is 10.7. The fraction of sp³-hybridized carbons (Fsp3) is 0.200. The van der Waals surface area contributed by atoms with E-state index in [1.54, 1.807) is 14.0 Å². The van der Waals surface area contributed by atoms with Gasteiger partial charge in [0, 0.05) is 11.6 Å². The van der Waals surface area contributed by atoms with E-state index in [1.165, 1.54) is 15.9 Å². The summed E-state index contributed by atoms with van der Waals surface area (Å²) in [7, 11) is 1.59. The Morgan fingerprint density at radius 2 is 2.04 bits per heavy atom. The number of rotatable bonds is 4. The van der Waals surface area contributed by atoms with E-state index in [-0.39, 0.29) is 12.3 Å². The van der Waals surface area contributed by atoms with Crippen molar-refractivity contribution in [3.63, 3.8) is 0 Å². The Hall–Kier alpha value is -2.74. The highest BCUT2D eigenvalue weighted by molar-refractivity contribution is 7.19. The number of carbonyl (C=O) groups excluding carboxylic acids is 1. The first-order valence-electron chi connectivity index (χ1n) is 6.85. The van der Waals surface area contributed by atoms with Gasteiger partial charge in [0.1, 0.15) is 10.8 Å². The average Bonchev–Trinajstić information content (AvgIpc) is 2.98. The molecular weight excluding hydrogens is 318 g/mol. The van der Waals surface area contributed by atoms with Gasteiger partial charge in [-0.1, -0.05) is 11.3 Å². The lowest BCUT2D eigenvalue weighted by molar-refractivity contribution is 0.0516. The van der Waals surface area contributed by atoms with Gasteiger partial charge in [-0.25, -0.2) is 4.79 Å². The number of hydrogen-bond acceptors (Lipinski definition) is 7. The van der Waals surface area contributed by atoms with Crippen LogP contribution >= 0.6 is 11.3 Å². The maximum Gasteiger partial charge on any atom is 0.357 e. The SMILES string of the molecule is CCOC(=O)c1cc(=O)nc2sc(-c3ccc(OC)cc3)nn12. The van der Waals surface area contributed by atoms with E-state index in [2.05, 4.69) is 10.1 Å². The third-order valence-corrected chi connectivity index (χ3v) is 4.03. The third kappa shape index (κ3) is 2.93. The third-order valence-electron chi connectivity index (χ3n) is 3.08. The minimum Gasteiger partial charge on any atom is -0.497 e. The molecular formula is C15H13N3O4S. The Morgan fingerprint density at radius 1 is 1.30 bits per heavy atom. The predicted octanol–water partition coefficient (Wildman–Crippen LogP) is 2.00. The van der Waals surface area contributed by atoms with Gasteiger partial charge >= 0.3 is 5.97 Å². The molecule has 0 aliphatic heterocycles. The zero-order valence-electron chi connectivity index (χ0n) is 12.5. The van der Waals surface area contributed by atoms with Crippen LogP contribution in [0.4, 0.5) is 0 Å². The van der Waals surface area contributed by atoms with E-state index in [0.717, 1.165) is 17.4 Å². The second-order valence-corrected chi connectivity index (χ2v) is 5.49. The monoisotopic (exact) mass is 331 g/mol. The number of benzene rings is 1. The van der Waals surface area contributed by atoms with Crippen molar-refractivity contribution in [2.75, 3.05) is 13.7 Å². The minimum atomic E-state index is -0.603. The van der Waals surface area contributed by atoms with Crippen molar-refractivity contribution in [3.8, 4) is 16.3 Å². The van der Waals surface area contributed by atoms with Gasteiger partial charge < -0.3 is 9.47 Å². The van der Waals surface area contributed by atoms with E-state index in [1.807, 2.05) is 24.3 Å². The van der Waals surface area contributed by atoms with E-state index in [9.17, 15) is 9.59 Å². The molecule has 0 N–H and O–H groups in total. The van der Waals surface area contributed by atoms with Gasteiger partial charge in [-0.3, -0.25) is 4.79 Å². The van der Waals surface area contributed by atoms with E-state index >= 15 is 0 Å². The Balaban J connectivity index is 2.12. The molecule has 0 unspecified atom stereocenters. The number of fused-ring (bicyclic) bond motifs is 1. The van der Waals surface area contributed by atoms with E-state index < -0.39 is 11.5 Å². The Morgan fingerprint density at radius 3 is 2.70 bits per heavy atom. The molecule has 3 rings (SSSR count). The topological polar surface area (TPSA) is 82.8 Å². The lowest BCUT2D eigenvalue weighted by Crippen LogP contribution is -2.17. The first-order chi connectivity index (χ1) is 11.1. The van der Waals surface area contributed by atoms with Crippen molar-refractivity contribution in [3.05, 3.63) is 46.4 Å². The molecule has 1 aromatic carbocycles. The second-order valence-electron chi connectivity index (χ2n) is 4.53. The molecule has 0 bridgehead atoms. The number of carbonyl (C=O) groups is 1. The Bertz CT molecular complexity index is 915.